The average molecular weight is 313 g/mol. The van der Waals surface area contributed by atoms with E-state index in [4.69, 9.17) is 0 Å². The molecule has 0 radical (unpaired) electrons. The summed E-state index contributed by atoms with van der Waals surface area (Å²) in [5.74, 6) is 1.69. The Morgan fingerprint density at radius 1 is 1.32 bits per heavy atom. The lowest BCUT2D eigenvalue weighted by Gasteiger charge is -2.32. The maximum Gasteiger partial charge on any atom is 0.140 e. The molecule has 3 aromatic rings. The molecule has 0 atom stereocenters. The number of piperidine rings is 1. The van der Waals surface area contributed by atoms with Crippen LogP contribution in [0.4, 0.5) is 5.82 Å². The number of nitrogens with one attached hydrogen (secondary N) is 1. The maximum absolute atomic E-state index is 4.57. The summed E-state index contributed by atoms with van der Waals surface area (Å²) in [4.78, 5) is 13.9. The molecule has 4 rings (SSSR count). The van der Waals surface area contributed by atoms with Crippen molar-refractivity contribution in [3.05, 3.63) is 35.2 Å². The van der Waals surface area contributed by atoms with Crippen LogP contribution in [0.15, 0.2) is 24.7 Å². The van der Waals surface area contributed by atoms with E-state index >= 15 is 0 Å². The summed E-state index contributed by atoms with van der Waals surface area (Å²) in [6.07, 6.45) is 6.88. The topological polar surface area (TPSA) is 57.7 Å². The van der Waals surface area contributed by atoms with Crippen LogP contribution in [0, 0.1) is 0 Å². The van der Waals surface area contributed by atoms with Crippen molar-refractivity contribution in [3.8, 4) is 0 Å². The normalized spacial score (nSPS) is 16.5. The molecule has 0 amide bonds. The fourth-order valence-electron chi connectivity index (χ4n) is 3.22. The van der Waals surface area contributed by atoms with Crippen LogP contribution in [0.2, 0.25) is 0 Å². The molecule has 1 aliphatic heterocycles. The van der Waals surface area contributed by atoms with Crippen molar-refractivity contribution in [2.75, 3.05) is 18.0 Å². The van der Waals surface area contributed by atoms with Crippen molar-refractivity contribution in [2.45, 2.75) is 32.1 Å². The molecule has 1 saturated heterocycles. The first-order valence-electron chi connectivity index (χ1n) is 7.82. The van der Waals surface area contributed by atoms with Gasteiger partial charge in [0.2, 0.25) is 0 Å². The smallest absolute Gasteiger partial charge is 0.140 e. The van der Waals surface area contributed by atoms with E-state index in [9.17, 15) is 0 Å². The zero-order chi connectivity index (χ0) is 14.9. The van der Waals surface area contributed by atoms with Gasteiger partial charge in [-0.3, -0.25) is 5.10 Å². The molecule has 0 unspecified atom stereocenters. The molecule has 1 aliphatic rings. The fourth-order valence-corrected chi connectivity index (χ4v) is 4.14. The Hall–Kier alpha value is -1.95. The van der Waals surface area contributed by atoms with Crippen molar-refractivity contribution in [1.29, 1.82) is 0 Å². The lowest BCUT2D eigenvalue weighted by molar-refractivity contribution is 0.494. The molecule has 0 spiro atoms. The van der Waals surface area contributed by atoms with E-state index in [0.29, 0.717) is 5.92 Å². The molecule has 0 saturated carbocycles. The molecule has 6 heteroatoms. The quantitative estimate of drug-likeness (QED) is 0.805. The number of aryl methyl sites for hydroxylation is 1. The van der Waals surface area contributed by atoms with Crippen LogP contribution >= 0.6 is 11.3 Å². The van der Waals surface area contributed by atoms with Gasteiger partial charge in [-0.25, -0.2) is 9.97 Å². The van der Waals surface area contributed by atoms with E-state index < -0.39 is 0 Å². The predicted molar refractivity (Wildman–Crippen MR) is 89.6 cm³/mol. The largest absolute Gasteiger partial charge is 0.356 e. The number of hydrogen-bond donors (Lipinski definition) is 1. The minimum absolute atomic E-state index is 0.588. The standard InChI is InChI=1S/C16H19N5S/c1-2-12-9-13-15(17-10-18-16(13)22-12)21-7-4-11(5-8-21)14-3-6-19-20-14/h3,6,9-11H,2,4-5,7-8H2,1H3,(H,19,20). The number of nitrogens with zero attached hydrogens (tertiary/aromatic N) is 4. The van der Waals surface area contributed by atoms with E-state index in [0.717, 1.165) is 43.0 Å². The second-order valence-corrected chi connectivity index (χ2v) is 6.87. The minimum atomic E-state index is 0.588. The second-order valence-electron chi connectivity index (χ2n) is 5.76. The van der Waals surface area contributed by atoms with Crippen LogP contribution in [0.25, 0.3) is 10.2 Å². The summed E-state index contributed by atoms with van der Waals surface area (Å²) in [5, 5.41) is 8.39. The van der Waals surface area contributed by atoms with E-state index in [-0.39, 0.29) is 0 Å². The van der Waals surface area contributed by atoms with Gasteiger partial charge < -0.3 is 4.90 Å². The second kappa shape index (κ2) is 5.68. The third kappa shape index (κ3) is 2.37. The number of rotatable bonds is 3. The molecule has 0 aliphatic carbocycles. The summed E-state index contributed by atoms with van der Waals surface area (Å²) < 4.78 is 0. The number of H-pyrrole nitrogens is 1. The van der Waals surface area contributed by atoms with Gasteiger partial charge in [0, 0.05) is 35.8 Å². The van der Waals surface area contributed by atoms with Crippen LogP contribution in [-0.2, 0) is 6.42 Å². The zero-order valence-electron chi connectivity index (χ0n) is 12.6. The number of aromatic nitrogens is 4. The highest BCUT2D eigenvalue weighted by Gasteiger charge is 2.24. The molecule has 114 valence electrons. The maximum atomic E-state index is 4.57. The first-order valence-corrected chi connectivity index (χ1v) is 8.64. The third-order valence-corrected chi connectivity index (χ3v) is 5.65. The van der Waals surface area contributed by atoms with Crippen LogP contribution in [0.1, 0.15) is 36.3 Å². The average Bonchev–Trinajstić information content (AvgIpc) is 3.23. The summed E-state index contributed by atoms with van der Waals surface area (Å²) in [7, 11) is 0. The molecular weight excluding hydrogens is 294 g/mol. The zero-order valence-corrected chi connectivity index (χ0v) is 13.4. The van der Waals surface area contributed by atoms with Gasteiger partial charge in [-0.2, -0.15) is 5.10 Å². The fraction of sp³-hybridized carbons (Fsp3) is 0.438. The summed E-state index contributed by atoms with van der Waals surface area (Å²) in [6, 6.07) is 4.35. The predicted octanol–water partition coefficient (Wildman–Crippen LogP) is 3.36. The first kappa shape index (κ1) is 13.7. The Labute approximate surface area is 133 Å². The first-order chi connectivity index (χ1) is 10.8. The SMILES string of the molecule is CCc1cc2c(N3CCC(c4ccn[nH]4)CC3)ncnc2s1. The molecule has 0 aromatic carbocycles. The van der Waals surface area contributed by atoms with Gasteiger partial charge in [-0.05, 0) is 31.4 Å². The Kier molecular flexibility index (Phi) is 3.54. The molecule has 1 fully saturated rings. The number of thiophene rings is 1. The molecule has 1 N–H and O–H groups in total. The lowest BCUT2D eigenvalue weighted by Crippen LogP contribution is -2.33. The Morgan fingerprint density at radius 3 is 2.91 bits per heavy atom. The van der Waals surface area contributed by atoms with Gasteiger partial charge in [-0.15, -0.1) is 11.3 Å². The van der Waals surface area contributed by atoms with Crippen LogP contribution in [-0.4, -0.2) is 33.3 Å². The van der Waals surface area contributed by atoms with Crippen LogP contribution in [0.3, 0.4) is 0 Å². The number of fused-ring (bicyclic) bond motifs is 1. The highest BCUT2D eigenvalue weighted by molar-refractivity contribution is 7.18. The molecule has 3 aromatic heterocycles. The number of hydrogen-bond acceptors (Lipinski definition) is 5. The van der Waals surface area contributed by atoms with Gasteiger partial charge in [0.25, 0.3) is 0 Å². The molecule has 4 heterocycles. The Balaban J connectivity index is 1.57. The monoisotopic (exact) mass is 313 g/mol. The van der Waals surface area contributed by atoms with Gasteiger partial charge in [0.05, 0.1) is 5.39 Å². The van der Waals surface area contributed by atoms with Gasteiger partial charge in [0.1, 0.15) is 17.0 Å². The van der Waals surface area contributed by atoms with Crippen LogP contribution < -0.4 is 4.90 Å². The number of aromatic amines is 1. The summed E-state index contributed by atoms with van der Waals surface area (Å²) in [6.45, 7) is 4.26. The molecular formula is C16H19N5S. The van der Waals surface area contributed by atoms with Crippen LogP contribution in [0.5, 0.6) is 0 Å². The van der Waals surface area contributed by atoms with Crippen molar-refractivity contribution in [3.63, 3.8) is 0 Å². The highest BCUT2D eigenvalue weighted by Crippen LogP contribution is 2.34. The number of anilines is 1. The Morgan fingerprint density at radius 2 is 2.18 bits per heavy atom. The van der Waals surface area contributed by atoms with Crippen molar-refractivity contribution >= 4 is 27.4 Å². The highest BCUT2D eigenvalue weighted by atomic mass is 32.1. The van der Waals surface area contributed by atoms with E-state index in [1.54, 1.807) is 17.7 Å². The third-order valence-electron chi connectivity index (χ3n) is 4.46. The van der Waals surface area contributed by atoms with Crippen molar-refractivity contribution in [2.24, 2.45) is 0 Å². The van der Waals surface area contributed by atoms with Gasteiger partial charge >= 0.3 is 0 Å². The van der Waals surface area contributed by atoms with E-state index in [1.807, 2.05) is 6.20 Å². The molecule has 0 bridgehead atoms. The van der Waals surface area contributed by atoms with Gasteiger partial charge in [0.15, 0.2) is 0 Å². The lowest BCUT2D eigenvalue weighted by atomic mass is 9.93. The van der Waals surface area contributed by atoms with E-state index in [1.165, 1.54) is 16.0 Å². The van der Waals surface area contributed by atoms with E-state index in [2.05, 4.69) is 44.1 Å². The van der Waals surface area contributed by atoms with Crippen molar-refractivity contribution in [1.82, 2.24) is 20.2 Å². The van der Waals surface area contributed by atoms with Gasteiger partial charge in [-0.1, -0.05) is 6.92 Å². The van der Waals surface area contributed by atoms with Crippen molar-refractivity contribution < 1.29 is 0 Å². The summed E-state index contributed by atoms with van der Waals surface area (Å²) in [5.41, 5.74) is 1.26. The molecule has 5 nitrogen and oxygen atoms in total. The Bertz CT molecular complexity index is 756. The summed E-state index contributed by atoms with van der Waals surface area (Å²) >= 11 is 1.78. The minimum Gasteiger partial charge on any atom is -0.356 e. The molecule has 22 heavy (non-hydrogen) atoms.